The number of fused-ring (bicyclic) bond motifs is 2. The number of nitrogens with one attached hydrogen (secondary N) is 2. The zero-order valence-electron chi connectivity index (χ0n) is 15.0. The van der Waals surface area contributed by atoms with E-state index in [0.717, 1.165) is 44.6 Å². The first-order chi connectivity index (χ1) is 14.4. The van der Waals surface area contributed by atoms with Crippen LogP contribution in [0.15, 0.2) is 65.7 Å². The van der Waals surface area contributed by atoms with Crippen LogP contribution in [0.1, 0.15) is 0 Å². The number of pyridine rings is 3. The number of nitrogens with zero attached hydrogens (tertiary/aromatic N) is 5. The summed E-state index contributed by atoms with van der Waals surface area (Å²) in [6, 6.07) is 11.7. The van der Waals surface area contributed by atoms with Gasteiger partial charge in [0.1, 0.15) is 11.0 Å². The Bertz CT molecular complexity index is 1450. The Morgan fingerprint density at radius 3 is 2.72 bits per heavy atom. The Balaban J connectivity index is 1.53. The Labute approximate surface area is 168 Å². The predicted molar refractivity (Wildman–Crippen MR) is 113 cm³/mol. The van der Waals surface area contributed by atoms with Crippen molar-refractivity contribution in [3.8, 4) is 34.0 Å². The highest BCUT2D eigenvalue weighted by Gasteiger charge is 2.17. The van der Waals surface area contributed by atoms with Gasteiger partial charge in [-0.25, -0.2) is 9.97 Å². The first-order valence-electron chi connectivity index (χ1n) is 9.00. The molecule has 0 spiro atoms. The SMILES string of the molecule is c1ccc(-c2ccc3[nH]nc(-c4nc5c(-c6ccsc6)cncc5[nH]4)c3n2)nc1. The molecule has 0 atom stereocenters. The van der Waals surface area contributed by atoms with E-state index < -0.39 is 0 Å². The minimum atomic E-state index is 0.654. The minimum absolute atomic E-state index is 0.654. The average molecular weight is 395 g/mol. The van der Waals surface area contributed by atoms with Crippen molar-refractivity contribution in [3.05, 3.63) is 65.7 Å². The third-order valence-electron chi connectivity index (χ3n) is 4.79. The second-order valence-electron chi connectivity index (χ2n) is 6.56. The highest BCUT2D eigenvalue weighted by atomic mass is 32.1. The number of hydrogen-bond donors (Lipinski definition) is 2. The molecule has 138 valence electrons. The molecule has 6 aromatic heterocycles. The zero-order valence-corrected chi connectivity index (χ0v) is 15.8. The number of H-pyrrole nitrogens is 2. The molecule has 6 heterocycles. The summed E-state index contributed by atoms with van der Waals surface area (Å²) in [6.07, 6.45) is 5.38. The van der Waals surface area contributed by atoms with Crippen molar-refractivity contribution < 1.29 is 0 Å². The summed E-state index contributed by atoms with van der Waals surface area (Å²) >= 11 is 1.65. The van der Waals surface area contributed by atoms with E-state index in [4.69, 9.17) is 9.97 Å². The summed E-state index contributed by atoms with van der Waals surface area (Å²) in [5.74, 6) is 0.654. The summed E-state index contributed by atoms with van der Waals surface area (Å²) in [4.78, 5) is 21.7. The van der Waals surface area contributed by atoms with Crippen LogP contribution in [0, 0.1) is 0 Å². The molecule has 0 saturated heterocycles. The Morgan fingerprint density at radius 1 is 0.862 bits per heavy atom. The van der Waals surface area contributed by atoms with E-state index in [1.54, 1.807) is 23.7 Å². The molecule has 0 bridgehead atoms. The molecule has 0 saturated carbocycles. The van der Waals surface area contributed by atoms with Crippen LogP contribution in [-0.4, -0.2) is 35.1 Å². The van der Waals surface area contributed by atoms with Crippen molar-refractivity contribution in [2.24, 2.45) is 0 Å². The number of hydrogen-bond acceptors (Lipinski definition) is 6. The summed E-state index contributed by atoms with van der Waals surface area (Å²) in [5, 5.41) is 11.7. The maximum Gasteiger partial charge on any atom is 0.161 e. The number of aromatic nitrogens is 7. The van der Waals surface area contributed by atoms with Crippen LogP contribution in [0.5, 0.6) is 0 Å². The third-order valence-corrected chi connectivity index (χ3v) is 5.47. The van der Waals surface area contributed by atoms with Gasteiger partial charge >= 0.3 is 0 Å². The fourth-order valence-corrected chi connectivity index (χ4v) is 4.05. The van der Waals surface area contributed by atoms with E-state index in [0.29, 0.717) is 11.5 Å². The molecule has 7 nitrogen and oxygen atoms in total. The standard InChI is InChI=1S/C21H13N7S/c1-2-7-23-14(3-1)15-4-5-16-19(24-15)20(28-27-16)21-25-17-10-22-9-13(18(17)26-21)12-6-8-29-11-12/h1-11H,(H,25,26)(H,27,28). The van der Waals surface area contributed by atoms with E-state index in [9.17, 15) is 0 Å². The molecule has 2 N–H and O–H groups in total. The van der Waals surface area contributed by atoms with Gasteiger partial charge in [0, 0.05) is 18.0 Å². The lowest BCUT2D eigenvalue weighted by Gasteiger charge is -2.00. The van der Waals surface area contributed by atoms with Crippen molar-refractivity contribution in [1.82, 2.24) is 35.1 Å². The molecular formula is C21H13N7S. The van der Waals surface area contributed by atoms with Gasteiger partial charge in [0.15, 0.2) is 11.5 Å². The quantitative estimate of drug-likeness (QED) is 0.453. The Morgan fingerprint density at radius 2 is 1.86 bits per heavy atom. The second kappa shape index (κ2) is 6.32. The first-order valence-corrected chi connectivity index (χ1v) is 9.94. The van der Waals surface area contributed by atoms with Crippen molar-refractivity contribution in [2.45, 2.75) is 0 Å². The monoisotopic (exact) mass is 395 g/mol. The first kappa shape index (κ1) is 16.1. The normalized spacial score (nSPS) is 11.4. The molecule has 0 aliphatic heterocycles. The van der Waals surface area contributed by atoms with Gasteiger partial charge < -0.3 is 4.98 Å². The molecule has 0 aliphatic rings. The third kappa shape index (κ3) is 2.61. The number of aromatic amines is 2. The van der Waals surface area contributed by atoms with Gasteiger partial charge in [0.25, 0.3) is 0 Å². The molecule has 6 aromatic rings. The summed E-state index contributed by atoms with van der Waals surface area (Å²) in [6.45, 7) is 0. The zero-order chi connectivity index (χ0) is 19.2. The van der Waals surface area contributed by atoms with Gasteiger partial charge in [0.05, 0.1) is 28.6 Å². The molecule has 29 heavy (non-hydrogen) atoms. The highest BCUT2D eigenvalue weighted by molar-refractivity contribution is 7.08. The molecule has 0 unspecified atom stereocenters. The number of rotatable bonds is 3. The van der Waals surface area contributed by atoms with Crippen molar-refractivity contribution in [3.63, 3.8) is 0 Å². The fraction of sp³-hybridized carbons (Fsp3) is 0. The van der Waals surface area contributed by atoms with Crippen molar-refractivity contribution in [1.29, 1.82) is 0 Å². The lowest BCUT2D eigenvalue weighted by molar-refractivity contribution is 1.10. The van der Waals surface area contributed by atoms with Gasteiger partial charge in [-0.05, 0) is 46.7 Å². The van der Waals surface area contributed by atoms with Crippen molar-refractivity contribution in [2.75, 3.05) is 0 Å². The highest BCUT2D eigenvalue weighted by Crippen LogP contribution is 2.31. The van der Waals surface area contributed by atoms with E-state index in [-0.39, 0.29) is 0 Å². The smallest absolute Gasteiger partial charge is 0.161 e. The van der Waals surface area contributed by atoms with Crippen LogP contribution in [0.25, 0.3) is 56.1 Å². The molecule has 0 radical (unpaired) electrons. The van der Waals surface area contributed by atoms with E-state index >= 15 is 0 Å². The summed E-state index contributed by atoms with van der Waals surface area (Å²) < 4.78 is 0. The largest absolute Gasteiger partial charge is 0.335 e. The molecule has 0 fully saturated rings. The van der Waals surface area contributed by atoms with Crippen LogP contribution in [0.3, 0.4) is 0 Å². The van der Waals surface area contributed by atoms with Crippen LogP contribution in [0.4, 0.5) is 0 Å². The fourth-order valence-electron chi connectivity index (χ4n) is 3.40. The molecular weight excluding hydrogens is 382 g/mol. The van der Waals surface area contributed by atoms with Crippen LogP contribution in [0.2, 0.25) is 0 Å². The van der Waals surface area contributed by atoms with Crippen molar-refractivity contribution >= 4 is 33.4 Å². The summed E-state index contributed by atoms with van der Waals surface area (Å²) in [5.41, 5.74) is 7.69. The van der Waals surface area contributed by atoms with Crippen LogP contribution >= 0.6 is 11.3 Å². The molecule has 0 aromatic carbocycles. The number of thiophene rings is 1. The topological polar surface area (TPSA) is 96.0 Å². The molecule has 8 heteroatoms. The average Bonchev–Trinajstić information content (AvgIpc) is 3.52. The predicted octanol–water partition coefficient (Wildman–Crippen LogP) is 4.69. The van der Waals surface area contributed by atoms with Gasteiger partial charge in [-0.15, -0.1) is 0 Å². The summed E-state index contributed by atoms with van der Waals surface area (Å²) in [7, 11) is 0. The van der Waals surface area contributed by atoms with Gasteiger partial charge in [-0.3, -0.25) is 15.1 Å². The van der Waals surface area contributed by atoms with Gasteiger partial charge in [-0.2, -0.15) is 16.4 Å². The molecule has 0 aliphatic carbocycles. The maximum absolute atomic E-state index is 4.83. The van der Waals surface area contributed by atoms with Gasteiger partial charge in [-0.1, -0.05) is 6.07 Å². The van der Waals surface area contributed by atoms with Crippen LogP contribution < -0.4 is 0 Å². The Kier molecular flexibility index (Phi) is 3.50. The second-order valence-corrected chi connectivity index (χ2v) is 7.34. The lowest BCUT2D eigenvalue weighted by atomic mass is 10.1. The molecule has 0 amide bonds. The van der Waals surface area contributed by atoms with E-state index in [1.165, 1.54) is 0 Å². The molecule has 6 rings (SSSR count). The number of imidazole rings is 1. The maximum atomic E-state index is 4.83. The van der Waals surface area contributed by atoms with E-state index in [2.05, 4.69) is 36.6 Å². The van der Waals surface area contributed by atoms with Gasteiger partial charge in [0.2, 0.25) is 0 Å². The Hall–Kier alpha value is -3.91. The minimum Gasteiger partial charge on any atom is -0.335 e. The van der Waals surface area contributed by atoms with Crippen LogP contribution in [-0.2, 0) is 0 Å². The van der Waals surface area contributed by atoms with E-state index in [1.807, 2.05) is 41.9 Å². The lowest BCUT2D eigenvalue weighted by Crippen LogP contribution is -1.88.